The average molecular weight is 326 g/mol. The normalized spacial score (nSPS) is 19.0. The summed E-state index contributed by atoms with van der Waals surface area (Å²) in [4.78, 5) is 0.252. The third-order valence-corrected chi connectivity index (χ3v) is 6.11. The van der Waals surface area contributed by atoms with E-state index < -0.39 is 33.9 Å². The molecule has 1 aromatic rings. The number of hydrogen-bond acceptors (Lipinski definition) is 4. The Morgan fingerprint density at radius 1 is 1.09 bits per heavy atom. The second-order valence-corrected chi connectivity index (χ2v) is 8.04. The Kier molecular flexibility index (Phi) is 6.78. The van der Waals surface area contributed by atoms with Gasteiger partial charge in [0.15, 0.2) is 9.84 Å². The summed E-state index contributed by atoms with van der Waals surface area (Å²) in [6.45, 7) is 8.85. The quantitative estimate of drug-likeness (QED) is 0.719. The molecule has 0 aliphatic rings. The molecule has 0 aliphatic heterocycles. The van der Waals surface area contributed by atoms with Crippen molar-refractivity contribution in [2.45, 2.75) is 37.9 Å². The fraction of sp³-hybridized carbons (Fsp3) is 0.529. The molecule has 1 aromatic carbocycles. The van der Waals surface area contributed by atoms with Crippen LogP contribution in [0, 0.1) is 17.8 Å². The maximum absolute atomic E-state index is 12.3. The molecule has 124 valence electrons. The van der Waals surface area contributed by atoms with Crippen LogP contribution < -0.4 is 0 Å². The summed E-state index contributed by atoms with van der Waals surface area (Å²) in [5, 5.41) is 20.5. The average Bonchev–Trinajstić information content (AvgIpc) is 2.52. The van der Waals surface area contributed by atoms with E-state index in [1.807, 2.05) is 6.92 Å². The Bertz CT molecular complexity index is 568. The van der Waals surface area contributed by atoms with Gasteiger partial charge in [-0.05, 0) is 18.1 Å². The fourth-order valence-electron chi connectivity index (χ4n) is 2.51. The van der Waals surface area contributed by atoms with Crippen LogP contribution in [0.2, 0.25) is 0 Å². The minimum Gasteiger partial charge on any atom is -0.392 e. The highest BCUT2D eigenvalue weighted by Gasteiger charge is 2.32. The molecule has 0 fully saturated rings. The number of aliphatic hydroxyl groups excluding tert-OH is 2. The van der Waals surface area contributed by atoms with E-state index in [1.54, 1.807) is 50.3 Å². The molecule has 5 atom stereocenters. The van der Waals surface area contributed by atoms with E-state index in [2.05, 4.69) is 6.58 Å². The first-order valence-corrected chi connectivity index (χ1v) is 9.12. The van der Waals surface area contributed by atoms with Crippen LogP contribution in [-0.2, 0) is 9.84 Å². The van der Waals surface area contributed by atoms with Crippen molar-refractivity contribution in [3.8, 4) is 0 Å². The first-order chi connectivity index (χ1) is 10.2. The molecule has 0 aliphatic carbocycles. The van der Waals surface area contributed by atoms with Crippen molar-refractivity contribution < 1.29 is 18.6 Å². The molecule has 0 bridgehead atoms. The summed E-state index contributed by atoms with van der Waals surface area (Å²) < 4.78 is 24.7. The molecule has 0 amide bonds. The van der Waals surface area contributed by atoms with Gasteiger partial charge >= 0.3 is 0 Å². The van der Waals surface area contributed by atoms with Gasteiger partial charge in [-0.2, -0.15) is 0 Å². The minimum absolute atomic E-state index is 0.155. The van der Waals surface area contributed by atoms with Gasteiger partial charge in [0.2, 0.25) is 0 Å². The SMILES string of the molecule is C=CC(C)[C@H](O)C(C)[C@@H](O)C(C)CS(=O)(=O)c1ccccc1. The summed E-state index contributed by atoms with van der Waals surface area (Å²) in [5.74, 6) is -1.24. The van der Waals surface area contributed by atoms with Crippen molar-refractivity contribution in [2.24, 2.45) is 17.8 Å². The highest BCUT2D eigenvalue weighted by molar-refractivity contribution is 7.91. The minimum atomic E-state index is -3.45. The van der Waals surface area contributed by atoms with Gasteiger partial charge in [0, 0.05) is 11.8 Å². The predicted octanol–water partition coefficient (Wildman–Crippen LogP) is 2.28. The van der Waals surface area contributed by atoms with Gasteiger partial charge in [0.1, 0.15) is 0 Å². The zero-order valence-corrected chi connectivity index (χ0v) is 14.2. The first-order valence-electron chi connectivity index (χ1n) is 7.47. The van der Waals surface area contributed by atoms with E-state index in [1.165, 1.54) is 0 Å². The number of aliphatic hydroxyl groups is 2. The Hall–Kier alpha value is -1.17. The molecule has 0 heterocycles. The molecule has 4 nitrogen and oxygen atoms in total. The standard InChI is InChI=1S/C17H26O4S/c1-5-12(2)16(18)14(4)17(19)13(3)11-22(20,21)15-9-7-6-8-10-15/h5-10,12-14,16-19H,1,11H2,2-4H3/t12?,13?,14?,16-,17-/m0/s1. The van der Waals surface area contributed by atoms with Gasteiger partial charge in [0.05, 0.1) is 22.9 Å². The second-order valence-electron chi connectivity index (χ2n) is 6.01. The number of sulfone groups is 1. The molecule has 22 heavy (non-hydrogen) atoms. The van der Waals surface area contributed by atoms with Crippen molar-refractivity contribution in [2.75, 3.05) is 5.75 Å². The smallest absolute Gasteiger partial charge is 0.178 e. The highest BCUT2D eigenvalue weighted by atomic mass is 32.2. The summed E-state index contributed by atoms with van der Waals surface area (Å²) in [6, 6.07) is 8.20. The van der Waals surface area contributed by atoms with Crippen molar-refractivity contribution >= 4 is 9.84 Å². The molecule has 0 aromatic heterocycles. The lowest BCUT2D eigenvalue weighted by molar-refractivity contribution is -0.0159. The maximum Gasteiger partial charge on any atom is 0.178 e. The third-order valence-electron chi connectivity index (χ3n) is 4.16. The number of hydrogen-bond donors (Lipinski definition) is 2. The zero-order valence-electron chi connectivity index (χ0n) is 13.4. The van der Waals surface area contributed by atoms with E-state index in [-0.39, 0.29) is 16.6 Å². The molecule has 0 spiro atoms. The van der Waals surface area contributed by atoms with Gasteiger partial charge in [-0.25, -0.2) is 8.42 Å². The lowest BCUT2D eigenvalue weighted by atomic mass is 9.85. The Labute approximate surface area is 133 Å². The van der Waals surface area contributed by atoms with Crippen molar-refractivity contribution in [3.05, 3.63) is 43.0 Å². The van der Waals surface area contributed by atoms with E-state index in [0.717, 1.165) is 0 Å². The Morgan fingerprint density at radius 3 is 2.14 bits per heavy atom. The van der Waals surface area contributed by atoms with Crippen LogP contribution in [-0.4, -0.2) is 36.6 Å². The summed E-state index contributed by atoms with van der Waals surface area (Å²) in [7, 11) is -3.45. The summed E-state index contributed by atoms with van der Waals surface area (Å²) in [5.41, 5.74) is 0. The van der Waals surface area contributed by atoms with E-state index in [0.29, 0.717) is 0 Å². The van der Waals surface area contributed by atoms with Crippen molar-refractivity contribution in [3.63, 3.8) is 0 Å². The Balaban J connectivity index is 2.79. The zero-order chi connectivity index (χ0) is 16.9. The van der Waals surface area contributed by atoms with Crippen molar-refractivity contribution in [1.29, 1.82) is 0 Å². The van der Waals surface area contributed by atoms with Gasteiger partial charge in [-0.15, -0.1) is 6.58 Å². The van der Waals surface area contributed by atoms with Crippen LogP contribution in [0.1, 0.15) is 20.8 Å². The number of benzene rings is 1. The molecule has 0 radical (unpaired) electrons. The lowest BCUT2D eigenvalue weighted by Crippen LogP contribution is -2.39. The molecule has 3 unspecified atom stereocenters. The summed E-state index contributed by atoms with van der Waals surface area (Å²) in [6.07, 6.45) is -0.0375. The molecule has 2 N–H and O–H groups in total. The summed E-state index contributed by atoms with van der Waals surface area (Å²) >= 11 is 0. The molecule has 1 rings (SSSR count). The molecule has 0 saturated carbocycles. The van der Waals surface area contributed by atoms with Crippen molar-refractivity contribution in [1.82, 2.24) is 0 Å². The van der Waals surface area contributed by atoms with Crippen LogP contribution in [0.4, 0.5) is 0 Å². The van der Waals surface area contributed by atoms with E-state index in [4.69, 9.17) is 0 Å². The fourth-order valence-corrected chi connectivity index (χ4v) is 4.16. The second kappa shape index (κ2) is 7.90. The van der Waals surface area contributed by atoms with Crippen LogP contribution in [0.5, 0.6) is 0 Å². The van der Waals surface area contributed by atoms with Crippen LogP contribution in [0.3, 0.4) is 0 Å². The monoisotopic (exact) mass is 326 g/mol. The molecule has 0 saturated heterocycles. The first kappa shape index (κ1) is 18.9. The van der Waals surface area contributed by atoms with Gasteiger partial charge < -0.3 is 10.2 Å². The largest absolute Gasteiger partial charge is 0.392 e. The van der Waals surface area contributed by atoms with Gasteiger partial charge in [-0.1, -0.05) is 45.0 Å². The highest BCUT2D eigenvalue weighted by Crippen LogP contribution is 2.24. The lowest BCUT2D eigenvalue weighted by Gasteiger charge is -2.30. The van der Waals surface area contributed by atoms with Crippen LogP contribution in [0.15, 0.2) is 47.9 Å². The van der Waals surface area contributed by atoms with Crippen LogP contribution in [0.25, 0.3) is 0 Å². The van der Waals surface area contributed by atoms with Crippen LogP contribution >= 0.6 is 0 Å². The molecular formula is C17H26O4S. The maximum atomic E-state index is 12.3. The Morgan fingerprint density at radius 2 is 1.64 bits per heavy atom. The topological polar surface area (TPSA) is 74.6 Å². The molecular weight excluding hydrogens is 300 g/mol. The van der Waals surface area contributed by atoms with Gasteiger partial charge in [-0.3, -0.25) is 0 Å². The predicted molar refractivity (Wildman–Crippen MR) is 88.2 cm³/mol. The number of rotatable bonds is 8. The molecule has 5 heteroatoms. The third kappa shape index (κ3) is 4.66. The van der Waals surface area contributed by atoms with E-state index in [9.17, 15) is 18.6 Å². The van der Waals surface area contributed by atoms with E-state index >= 15 is 0 Å². The van der Waals surface area contributed by atoms with Gasteiger partial charge in [0.25, 0.3) is 0 Å².